The van der Waals surface area contributed by atoms with Gasteiger partial charge in [0.15, 0.2) is 0 Å². The van der Waals surface area contributed by atoms with E-state index in [0.29, 0.717) is 5.56 Å². The van der Waals surface area contributed by atoms with Gasteiger partial charge in [-0.3, -0.25) is 4.79 Å². The fraction of sp³-hybridized carbons (Fsp3) is 0.207. The second-order valence-electron chi connectivity index (χ2n) is 8.73. The van der Waals surface area contributed by atoms with Crippen molar-refractivity contribution in [2.75, 3.05) is 5.32 Å². The molecular weight excluding hydrogens is 472 g/mol. The molecule has 0 radical (unpaired) electrons. The molecule has 1 N–H and O–H groups in total. The number of halogens is 1. The van der Waals surface area contributed by atoms with Crippen LogP contribution in [0, 0.1) is 6.92 Å². The molecule has 1 aromatic heterocycles. The van der Waals surface area contributed by atoms with Gasteiger partial charge in [-0.1, -0.05) is 52.7 Å². The topological polar surface area (TPSA) is 34.0 Å². The van der Waals surface area contributed by atoms with E-state index >= 15 is 0 Å². The average molecular weight is 499 g/mol. The number of carbonyl (C=O) groups is 1. The fourth-order valence-electron chi connectivity index (χ4n) is 4.68. The smallest absolute Gasteiger partial charge is 0.255 e. The number of rotatable bonds is 4. The third-order valence-electron chi connectivity index (χ3n) is 6.43. The Morgan fingerprint density at radius 2 is 1.64 bits per heavy atom. The van der Waals surface area contributed by atoms with Gasteiger partial charge in [0.2, 0.25) is 0 Å². The van der Waals surface area contributed by atoms with Gasteiger partial charge in [0.25, 0.3) is 5.91 Å². The van der Waals surface area contributed by atoms with E-state index in [4.69, 9.17) is 0 Å². The quantitative estimate of drug-likeness (QED) is 0.287. The summed E-state index contributed by atoms with van der Waals surface area (Å²) >= 11 is 3.51. The normalized spacial score (nSPS) is 13.3. The summed E-state index contributed by atoms with van der Waals surface area (Å²) in [5.74, 6) is -0.0992. The lowest BCUT2D eigenvalue weighted by molar-refractivity contribution is 0.102. The minimum Gasteiger partial charge on any atom is -0.322 e. The summed E-state index contributed by atoms with van der Waals surface area (Å²) in [6.07, 6.45) is 5.98. The number of benzene rings is 3. The number of amides is 1. The van der Waals surface area contributed by atoms with Gasteiger partial charge >= 0.3 is 0 Å². The van der Waals surface area contributed by atoms with Crippen LogP contribution in [-0.4, -0.2) is 10.5 Å². The van der Waals surface area contributed by atoms with E-state index in [1.165, 1.54) is 41.8 Å². The molecule has 3 aromatic carbocycles. The molecule has 0 aliphatic heterocycles. The van der Waals surface area contributed by atoms with Crippen LogP contribution in [0.2, 0.25) is 0 Å². The first-order valence-electron chi connectivity index (χ1n) is 11.6. The number of nitrogens with one attached hydrogen (secondary N) is 1. The van der Waals surface area contributed by atoms with Gasteiger partial charge in [-0.05, 0) is 97.8 Å². The molecule has 1 amide bonds. The fourth-order valence-corrected chi connectivity index (χ4v) is 4.93. The highest BCUT2D eigenvalue weighted by molar-refractivity contribution is 9.10. The van der Waals surface area contributed by atoms with Crippen LogP contribution < -0.4 is 5.32 Å². The van der Waals surface area contributed by atoms with Crippen LogP contribution in [0.1, 0.15) is 46.4 Å². The van der Waals surface area contributed by atoms with E-state index in [9.17, 15) is 4.79 Å². The first kappa shape index (κ1) is 21.7. The van der Waals surface area contributed by atoms with Gasteiger partial charge in [0.1, 0.15) is 0 Å². The molecule has 0 atom stereocenters. The summed E-state index contributed by atoms with van der Waals surface area (Å²) < 4.78 is 3.43. The summed E-state index contributed by atoms with van der Waals surface area (Å²) in [7, 11) is 0. The van der Waals surface area contributed by atoms with Gasteiger partial charge in [-0.15, -0.1) is 0 Å². The molecule has 4 aromatic rings. The molecule has 1 aliphatic carbocycles. The average Bonchev–Trinajstić information content (AvgIpc) is 3.04. The number of anilines is 1. The first-order valence-corrected chi connectivity index (χ1v) is 12.4. The van der Waals surface area contributed by atoms with E-state index in [-0.39, 0.29) is 5.91 Å². The van der Waals surface area contributed by atoms with Crippen molar-refractivity contribution in [3.05, 3.63) is 106 Å². The standard InChI is InChI=1S/C29H27BrN2O/c1-20-18-24(14-17-26(20)30)31-29(33)22-12-15-25(16-13-22)32-27-11-7-3-6-10-23(27)19-28(32)21-8-4-2-5-9-21/h2,4-5,8-9,12-19H,3,6-7,10-11H2,1H3,(H,31,33). The van der Waals surface area contributed by atoms with Crippen LogP contribution in [0.15, 0.2) is 83.3 Å². The van der Waals surface area contributed by atoms with Gasteiger partial charge in [-0.25, -0.2) is 0 Å². The minimum atomic E-state index is -0.0992. The number of carbonyl (C=O) groups excluding carboxylic acids is 1. The number of aromatic nitrogens is 1. The number of hydrogen-bond acceptors (Lipinski definition) is 1. The van der Waals surface area contributed by atoms with Gasteiger partial charge in [0.05, 0.1) is 5.69 Å². The molecule has 0 saturated carbocycles. The molecule has 1 heterocycles. The highest BCUT2D eigenvalue weighted by Crippen LogP contribution is 2.33. The van der Waals surface area contributed by atoms with E-state index < -0.39 is 0 Å². The predicted molar refractivity (Wildman–Crippen MR) is 139 cm³/mol. The van der Waals surface area contributed by atoms with E-state index in [1.807, 2.05) is 37.3 Å². The van der Waals surface area contributed by atoms with Crippen LogP contribution >= 0.6 is 15.9 Å². The molecule has 0 spiro atoms. The van der Waals surface area contributed by atoms with E-state index in [2.05, 4.69) is 74.3 Å². The van der Waals surface area contributed by atoms with Gasteiger partial charge in [-0.2, -0.15) is 0 Å². The summed E-state index contributed by atoms with van der Waals surface area (Å²) in [5.41, 5.74) is 8.96. The maximum atomic E-state index is 12.8. The Morgan fingerprint density at radius 1 is 0.879 bits per heavy atom. The Hall–Kier alpha value is -3.11. The molecule has 33 heavy (non-hydrogen) atoms. The molecule has 0 unspecified atom stereocenters. The highest BCUT2D eigenvalue weighted by atomic mass is 79.9. The molecule has 5 rings (SSSR count). The third kappa shape index (κ3) is 4.53. The molecule has 0 fully saturated rings. The lowest BCUT2D eigenvalue weighted by Crippen LogP contribution is -2.12. The Balaban J connectivity index is 1.48. The zero-order valence-corrected chi connectivity index (χ0v) is 20.4. The van der Waals surface area contributed by atoms with Crippen molar-refractivity contribution in [3.8, 4) is 16.9 Å². The van der Waals surface area contributed by atoms with Crippen LogP contribution in [0.4, 0.5) is 5.69 Å². The largest absolute Gasteiger partial charge is 0.322 e. The highest BCUT2D eigenvalue weighted by Gasteiger charge is 2.19. The number of nitrogens with zero attached hydrogens (tertiary/aromatic N) is 1. The Morgan fingerprint density at radius 3 is 2.39 bits per heavy atom. The van der Waals surface area contributed by atoms with Crippen molar-refractivity contribution < 1.29 is 4.79 Å². The SMILES string of the molecule is Cc1cc(NC(=O)c2ccc(-n3c(-c4ccccc4)cc4c3CCCCC4)cc2)ccc1Br. The molecule has 3 nitrogen and oxygen atoms in total. The molecule has 0 saturated heterocycles. The minimum absolute atomic E-state index is 0.0992. The van der Waals surface area contributed by atoms with Crippen molar-refractivity contribution in [3.63, 3.8) is 0 Å². The lowest BCUT2D eigenvalue weighted by Gasteiger charge is -2.15. The summed E-state index contributed by atoms with van der Waals surface area (Å²) in [6, 6.07) is 26.8. The van der Waals surface area contributed by atoms with Crippen LogP contribution in [0.3, 0.4) is 0 Å². The lowest BCUT2D eigenvalue weighted by atomic mass is 10.1. The first-order chi connectivity index (χ1) is 16.1. The maximum Gasteiger partial charge on any atom is 0.255 e. The molecule has 4 heteroatoms. The van der Waals surface area contributed by atoms with Crippen molar-refractivity contribution in [1.82, 2.24) is 4.57 Å². The Labute approximate surface area is 203 Å². The third-order valence-corrected chi connectivity index (χ3v) is 7.31. The predicted octanol–water partition coefficient (Wildman–Crippen LogP) is 7.74. The second-order valence-corrected chi connectivity index (χ2v) is 9.58. The van der Waals surface area contributed by atoms with Crippen LogP contribution in [-0.2, 0) is 12.8 Å². The van der Waals surface area contributed by atoms with E-state index in [1.54, 1.807) is 0 Å². The van der Waals surface area contributed by atoms with Gasteiger partial charge < -0.3 is 9.88 Å². The summed E-state index contributed by atoms with van der Waals surface area (Å²) in [6.45, 7) is 2.01. The molecular formula is C29H27BrN2O. The summed E-state index contributed by atoms with van der Waals surface area (Å²) in [4.78, 5) is 12.8. The van der Waals surface area contributed by atoms with Crippen molar-refractivity contribution in [1.29, 1.82) is 0 Å². The zero-order chi connectivity index (χ0) is 22.8. The monoisotopic (exact) mass is 498 g/mol. The van der Waals surface area contributed by atoms with Crippen molar-refractivity contribution >= 4 is 27.5 Å². The van der Waals surface area contributed by atoms with Gasteiger partial charge in [0, 0.05) is 27.1 Å². The van der Waals surface area contributed by atoms with Crippen LogP contribution in [0.25, 0.3) is 16.9 Å². The zero-order valence-electron chi connectivity index (χ0n) is 18.8. The maximum absolute atomic E-state index is 12.8. The molecule has 0 bridgehead atoms. The van der Waals surface area contributed by atoms with E-state index in [0.717, 1.165) is 34.3 Å². The number of hydrogen-bond donors (Lipinski definition) is 1. The van der Waals surface area contributed by atoms with Crippen LogP contribution in [0.5, 0.6) is 0 Å². The molecule has 1 aliphatic rings. The number of aryl methyl sites for hydroxylation is 2. The summed E-state index contributed by atoms with van der Waals surface area (Å²) in [5, 5.41) is 3.01. The van der Waals surface area contributed by atoms with Crippen molar-refractivity contribution in [2.24, 2.45) is 0 Å². The Kier molecular flexibility index (Phi) is 6.19. The number of fused-ring (bicyclic) bond motifs is 1. The second kappa shape index (κ2) is 9.40. The van der Waals surface area contributed by atoms with Crippen molar-refractivity contribution in [2.45, 2.75) is 39.0 Å². The molecule has 166 valence electrons. The Bertz CT molecular complexity index is 1290.